The molecule has 1 saturated carbocycles. The van der Waals surface area contributed by atoms with Crippen molar-refractivity contribution >= 4 is 17.9 Å². The number of amides is 1. The van der Waals surface area contributed by atoms with Crippen LogP contribution in [-0.4, -0.2) is 60.0 Å². The largest absolute Gasteiger partial charge is 0.497 e. The average Bonchev–Trinajstić information content (AvgIpc) is 3.87. The third-order valence-electron chi connectivity index (χ3n) is 8.42. The van der Waals surface area contributed by atoms with E-state index < -0.39 is 17.2 Å². The molecule has 9 nitrogen and oxygen atoms in total. The van der Waals surface area contributed by atoms with E-state index in [4.69, 9.17) is 29.7 Å². The number of rotatable bonds is 8. The first-order valence-electron chi connectivity index (χ1n) is 17.5. The Morgan fingerprint density at radius 1 is 0.959 bits per heavy atom. The fourth-order valence-electron chi connectivity index (χ4n) is 5.75. The first-order chi connectivity index (χ1) is 23.1. The van der Waals surface area contributed by atoms with Gasteiger partial charge in [0.1, 0.15) is 34.1 Å². The van der Waals surface area contributed by atoms with E-state index in [1.807, 2.05) is 84.9 Å². The number of nitrogen functional groups attached to an aromatic ring is 1. The van der Waals surface area contributed by atoms with Crippen LogP contribution in [0.3, 0.4) is 0 Å². The summed E-state index contributed by atoms with van der Waals surface area (Å²) in [6.07, 6.45) is 4.67. The van der Waals surface area contributed by atoms with Crippen molar-refractivity contribution in [1.82, 2.24) is 9.88 Å². The summed E-state index contributed by atoms with van der Waals surface area (Å²) in [7, 11) is 1.68. The number of carbonyl (C=O) groups is 2. The number of piperidine rings is 1. The van der Waals surface area contributed by atoms with Gasteiger partial charge >= 0.3 is 12.1 Å². The summed E-state index contributed by atoms with van der Waals surface area (Å²) < 4.78 is 22.6. The third-order valence-corrected chi connectivity index (χ3v) is 8.42. The van der Waals surface area contributed by atoms with E-state index in [2.05, 4.69) is 19.1 Å². The minimum atomic E-state index is -0.700. The van der Waals surface area contributed by atoms with Gasteiger partial charge in [-0.25, -0.2) is 14.6 Å². The van der Waals surface area contributed by atoms with Gasteiger partial charge in [0, 0.05) is 24.6 Å². The molecule has 3 aromatic rings. The van der Waals surface area contributed by atoms with E-state index in [0.29, 0.717) is 31.3 Å². The standard InChI is InChI=1S/C31H43N3O5.C9H12O/c1-19-10-8-12-24(37-18-20-13-14-20)25(19)23-16-22(26(27(32)33-23)28(35)38-30(2,3)4)21-11-9-15-34(17-21)29(36)39-31(5,6)7;1-3-8-4-6-9(10-2)7-5-8/h8,10,12,16,20-21H,9,11,13-15,17-18H2,1-7H3,(H2,32,33);4-7H,3H2,1-2H3. The highest BCUT2D eigenvalue weighted by molar-refractivity contribution is 5.97. The van der Waals surface area contributed by atoms with Crippen LogP contribution in [0.15, 0.2) is 48.5 Å². The fourth-order valence-corrected chi connectivity index (χ4v) is 5.75. The number of anilines is 1. The highest BCUT2D eigenvalue weighted by atomic mass is 16.6. The van der Waals surface area contributed by atoms with Gasteiger partial charge in [-0.3, -0.25) is 0 Å². The number of carbonyl (C=O) groups excluding carboxylic acids is 2. The summed E-state index contributed by atoms with van der Waals surface area (Å²) in [5.74, 6) is 1.74. The molecule has 1 amide bonds. The second-order valence-corrected chi connectivity index (χ2v) is 15.0. The molecule has 0 bridgehead atoms. The van der Waals surface area contributed by atoms with Crippen molar-refractivity contribution in [2.45, 2.75) is 105 Å². The number of aryl methyl sites for hydroxylation is 2. The monoisotopic (exact) mass is 673 g/mol. The second kappa shape index (κ2) is 16.0. The molecule has 2 fully saturated rings. The summed E-state index contributed by atoms with van der Waals surface area (Å²) in [4.78, 5) is 32.8. The molecule has 49 heavy (non-hydrogen) atoms. The molecule has 1 aliphatic heterocycles. The van der Waals surface area contributed by atoms with E-state index in [-0.39, 0.29) is 23.4 Å². The number of methoxy groups -OCH3 is 1. The number of benzene rings is 2. The molecule has 9 heteroatoms. The van der Waals surface area contributed by atoms with Crippen LogP contribution in [0.2, 0.25) is 0 Å². The molecule has 1 saturated heterocycles. The fraction of sp³-hybridized carbons (Fsp3) is 0.525. The van der Waals surface area contributed by atoms with Gasteiger partial charge in [0.05, 0.1) is 19.4 Å². The number of nitrogens with zero attached hydrogens (tertiary/aromatic N) is 2. The summed E-state index contributed by atoms with van der Waals surface area (Å²) in [5.41, 5.74) is 10.1. The zero-order chi connectivity index (χ0) is 35.9. The van der Waals surface area contributed by atoms with Crippen LogP contribution >= 0.6 is 0 Å². The molecule has 1 aromatic heterocycles. The zero-order valence-electron chi connectivity index (χ0n) is 30.9. The first kappa shape index (κ1) is 37.5. The van der Waals surface area contributed by atoms with Gasteiger partial charge in [0.2, 0.25) is 0 Å². The van der Waals surface area contributed by atoms with E-state index in [1.54, 1.807) is 12.0 Å². The van der Waals surface area contributed by atoms with Gasteiger partial charge in [0.25, 0.3) is 0 Å². The molecular weight excluding hydrogens is 618 g/mol. The summed E-state index contributed by atoms with van der Waals surface area (Å²) in [5, 5.41) is 0. The molecule has 2 heterocycles. The molecule has 1 aliphatic carbocycles. The summed E-state index contributed by atoms with van der Waals surface area (Å²) >= 11 is 0. The van der Waals surface area contributed by atoms with Crippen LogP contribution in [0.4, 0.5) is 10.6 Å². The minimum Gasteiger partial charge on any atom is -0.497 e. The smallest absolute Gasteiger partial charge is 0.410 e. The Morgan fingerprint density at radius 2 is 1.63 bits per heavy atom. The molecule has 1 atom stereocenters. The van der Waals surface area contributed by atoms with Gasteiger partial charge in [-0.05, 0) is 127 Å². The third kappa shape index (κ3) is 10.9. The molecular formula is C40H55N3O6. The quantitative estimate of drug-likeness (QED) is 0.236. The zero-order valence-corrected chi connectivity index (χ0v) is 30.9. The number of pyridine rings is 1. The van der Waals surface area contributed by atoms with E-state index in [1.165, 1.54) is 18.4 Å². The van der Waals surface area contributed by atoms with Crippen molar-refractivity contribution in [3.05, 3.63) is 70.8 Å². The number of likely N-dealkylation sites (tertiary alicyclic amines) is 1. The number of hydrogen-bond donors (Lipinski definition) is 1. The van der Waals surface area contributed by atoms with Crippen molar-refractivity contribution in [2.75, 3.05) is 32.5 Å². The second-order valence-electron chi connectivity index (χ2n) is 15.0. The summed E-state index contributed by atoms with van der Waals surface area (Å²) in [6.45, 7) is 16.9. The molecule has 1 unspecified atom stereocenters. The SMILES string of the molecule is CCc1ccc(OC)cc1.Cc1cccc(OCC2CC2)c1-c1cc(C2CCCN(C(=O)OC(C)(C)C)C2)c(C(=O)OC(C)(C)C)c(N)n1. The number of aromatic nitrogens is 1. The molecule has 5 rings (SSSR count). The molecule has 2 aromatic carbocycles. The summed E-state index contributed by atoms with van der Waals surface area (Å²) in [6, 6.07) is 16.0. The van der Waals surface area contributed by atoms with Crippen LogP contribution < -0.4 is 15.2 Å². The number of ether oxygens (including phenoxy) is 4. The number of esters is 1. The predicted molar refractivity (Wildman–Crippen MR) is 194 cm³/mol. The number of hydrogen-bond acceptors (Lipinski definition) is 8. The Labute approximate surface area is 292 Å². The molecule has 0 radical (unpaired) electrons. The molecule has 2 N–H and O–H groups in total. The molecule has 266 valence electrons. The lowest BCUT2D eigenvalue weighted by molar-refractivity contribution is 0.00682. The van der Waals surface area contributed by atoms with Gasteiger partial charge < -0.3 is 29.6 Å². The van der Waals surface area contributed by atoms with E-state index >= 15 is 0 Å². The highest BCUT2D eigenvalue weighted by Gasteiger charge is 2.34. The van der Waals surface area contributed by atoms with E-state index in [9.17, 15) is 9.59 Å². The lowest BCUT2D eigenvalue weighted by Gasteiger charge is -2.35. The van der Waals surface area contributed by atoms with Crippen molar-refractivity contribution < 1.29 is 28.5 Å². The van der Waals surface area contributed by atoms with E-state index in [0.717, 1.165) is 47.5 Å². The van der Waals surface area contributed by atoms with Crippen LogP contribution in [0, 0.1) is 12.8 Å². The Kier molecular flexibility index (Phi) is 12.2. The minimum absolute atomic E-state index is 0.113. The topological polar surface area (TPSA) is 113 Å². The Hall–Kier alpha value is -4.27. The highest BCUT2D eigenvalue weighted by Crippen LogP contribution is 2.40. The Bertz CT molecular complexity index is 1560. The van der Waals surface area contributed by atoms with Crippen molar-refractivity contribution in [3.63, 3.8) is 0 Å². The van der Waals surface area contributed by atoms with Gasteiger partial charge in [-0.15, -0.1) is 0 Å². The lowest BCUT2D eigenvalue weighted by Crippen LogP contribution is -2.42. The van der Waals surface area contributed by atoms with Crippen LogP contribution in [-0.2, 0) is 15.9 Å². The van der Waals surface area contributed by atoms with Gasteiger partial charge in [-0.1, -0.05) is 31.2 Å². The van der Waals surface area contributed by atoms with Crippen molar-refractivity contribution in [1.29, 1.82) is 0 Å². The normalized spacial score (nSPS) is 16.3. The average molecular weight is 674 g/mol. The maximum atomic E-state index is 13.4. The lowest BCUT2D eigenvalue weighted by atomic mass is 9.86. The van der Waals surface area contributed by atoms with Gasteiger partial charge in [0.15, 0.2) is 0 Å². The van der Waals surface area contributed by atoms with Crippen molar-refractivity contribution in [3.8, 4) is 22.8 Å². The predicted octanol–water partition coefficient (Wildman–Crippen LogP) is 8.76. The van der Waals surface area contributed by atoms with Crippen LogP contribution in [0.1, 0.15) is 107 Å². The Balaban J connectivity index is 0.000000463. The van der Waals surface area contributed by atoms with Gasteiger partial charge in [-0.2, -0.15) is 0 Å². The Morgan fingerprint density at radius 3 is 2.22 bits per heavy atom. The van der Waals surface area contributed by atoms with Crippen molar-refractivity contribution in [2.24, 2.45) is 5.92 Å². The maximum absolute atomic E-state index is 13.4. The van der Waals surface area contributed by atoms with Crippen LogP contribution in [0.5, 0.6) is 11.5 Å². The first-order valence-corrected chi connectivity index (χ1v) is 17.5. The molecule has 0 spiro atoms. The van der Waals surface area contributed by atoms with Crippen LogP contribution in [0.25, 0.3) is 11.3 Å². The number of nitrogens with two attached hydrogens (primary N) is 1. The molecule has 2 aliphatic rings. The maximum Gasteiger partial charge on any atom is 0.410 e.